The summed E-state index contributed by atoms with van der Waals surface area (Å²) in [7, 11) is 1.64. The number of methoxy groups -OCH3 is 1. The van der Waals surface area contributed by atoms with Crippen molar-refractivity contribution in [1.82, 2.24) is 20.3 Å². The largest absolute Gasteiger partial charge is 0.496 e. The van der Waals surface area contributed by atoms with Gasteiger partial charge >= 0.3 is 0 Å². The number of ether oxygens (including phenoxy) is 1. The molecule has 4 heterocycles. The number of rotatable bonds is 4. The topological polar surface area (TPSA) is 83.1 Å². The molecule has 3 aromatic heterocycles. The van der Waals surface area contributed by atoms with Crippen LogP contribution in [0.2, 0.25) is 0 Å². The first-order valence-corrected chi connectivity index (χ1v) is 10.1. The van der Waals surface area contributed by atoms with Gasteiger partial charge in [-0.3, -0.25) is 4.79 Å². The summed E-state index contributed by atoms with van der Waals surface area (Å²) in [6, 6.07) is 15.7. The van der Waals surface area contributed by atoms with Crippen molar-refractivity contribution in [2.45, 2.75) is 26.1 Å². The van der Waals surface area contributed by atoms with Crippen molar-refractivity contribution in [3.8, 4) is 17.0 Å². The van der Waals surface area contributed by atoms with E-state index in [1.165, 1.54) is 0 Å². The number of benzene rings is 1. The molecular weight excluding hydrogens is 390 g/mol. The minimum Gasteiger partial charge on any atom is -0.496 e. The van der Waals surface area contributed by atoms with Crippen LogP contribution in [0, 0.1) is 0 Å². The quantitative estimate of drug-likeness (QED) is 0.526. The third kappa shape index (κ3) is 3.18. The number of nitrogens with zero attached hydrogens (tertiary/aromatic N) is 3. The maximum atomic E-state index is 12.8. The third-order valence-corrected chi connectivity index (χ3v) is 5.68. The molecule has 0 fully saturated rings. The van der Waals surface area contributed by atoms with Gasteiger partial charge in [-0.05, 0) is 37.6 Å². The molecule has 1 aliphatic rings. The number of pyridine rings is 2. The molecule has 4 aromatic rings. The molecule has 0 radical (unpaired) electrons. The van der Waals surface area contributed by atoms with Gasteiger partial charge in [0.15, 0.2) is 0 Å². The molecule has 1 aromatic carbocycles. The van der Waals surface area contributed by atoms with Gasteiger partial charge in [0.25, 0.3) is 5.91 Å². The number of H-pyrrole nitrogens is 1. The Kier molecular flexibility index (Phi) is 4.39. The van der Waals surface area contributed by atoms with Crippen molar-refractivity contribution in [1.29, 1.82) is 0 Å². The number of aromatic amines is 1. The number of amides is 1. The van der Waals surface area contributed by atoms with Gasteiger partial charge < -0.3 is 19.9 Å². The monoisotopic (exact) mass is 413 g/mol. The minimum atomic E-state index is -0.592. The van der Waals surface area contributed by atoms with E-state index in [1.54, 1.807) is 13.3 Å². The molecule has 0 saturated carbocycles. The lowest BCUT2D eigenvalue weighted by molar-refractivity contribution is 0.0895. The Morgan fingerprint density at radius 1 is 1.06 bits per heavy atom. The maximum absolute atomic E-state index is 12.8. The van der Waals surface area contributed by atoms with Crippen LogP contribution in [0.3, 0.4) is 0 Å². The second kappa shape index (κ2) is 7.12. The molecule has 156 valence electrons. The van der Waals surface area contributed by atoms with Crippen LogP contribution in [0.5, 0.6) is 5.75 Å². The van der Waals surface area contributed by atoms with Crippen LogP contribution < -0.4 is 15.0 Å². The lowest BCUT2D eigenvalue weighted by atomic mass is 10.0. The molecule has 5 rings (SSSR count). The number of hydrogen-bond acceptors (Lipinski definition) is 5. The van der Waals surface area contributed by atoms with Crippen molar-refractivity contribution in [3.05, 3.63) is 72.1 Å². The summed E-state index contributed by atoms with van der Waals surface area (Å²) >= 11 is 0. The Labute approximate surface area is 180 Å². The highest BCUT2D eigenvalue weighted by Gasteiger charge is 2.38. The van der Waals surface area contributed by atoms with Crippen LogP contribution in [0.4, 0.5) is 5.82 Å². The SMILES string of the molecule is COc1ccnc2[nH]cc(-c3ccc4c(n3)N(Cc3ccccc3)C(C)(C)NC4=O)c12. The van der Waals surface area contributed by atoms with Gasteiger partial charge in [-0.1, -0.05) is 30.3 Å². The molecule has 0 saturated heterocycles. The number of carbonyl (C=O) groups is 1. The van der Waals surface area contributed by atoms with Gasteiger partial charge in [0.1, 0.15) is 22.9 Å². The second-order valence-electron chi connectivity index (χ2n) is 8.09. The van der Waals surface area contributed by atoms with E-state index in [2.05, 4.69) is 32.3 Å². The van der Waals surface area contributed by atoms with Crippen molar-refractivity contribution in [3.63, 3.8) is 0 Å². The average Bonchev–Trinajstić information content (AvgIpc) is 3.21. The molecule has 7 heteroatoms. The molecule has 1 aliphatic heterocycles. The first-order chi connectivity index (χ1) is 15.0. The summed E-state index contributed by atoms with van der Waals surface area (Å²) in [5.41, 5.74) is 3.47. The van der Waals surface area contributed by atoms with Gasteiger partial charge in [-0.2, -0.15) is 0 Å². The van der Waals surface area contributed by atoms with Crippen LogP contribution in [0.1, 0.15) is 29.8 Å². The van der Waals surface area contributed by atoms with Gasteiger partial charge in [-0.15, -0.1) is 0 Å². The zero-order chi connectivity index (χ0) is 21.6. The Hall–Kier alpha value is -3.87. The first-order valence-electron chi connectivity index (χ1n) is 10.1. The molecule has 0 aliphatic carbocycles. The normalized spacial score (nSPS) is 14.9. The standard InChI is InChI=1S/C24H23N5O2/c1-24(2)28-23(30)16-9-10-18(17-13-26-21-20(17)19(31-3)11-12-25-21)27-22(16)29(24)14-15-7-5-4-6-8-15/h4-13H,14H2,1-3H3,(H,25,26)(H,28,30). The number of fused-ring (bicyclic) bond motifs is 2. The lowest BCUT2D eigenvalue weighted by Crippen LogP contribution is -2.60. The summed E-state index contributed by atoms with van der Waals surface area (Å²) in [5.74, 6) is 1.26. The lowest BCUT2D eigenvalue weighted by Gasteiger charge is -2.44. The van der Waals surface area contributed by atoms with Crippen molar-refractivity contribution in [2.24, 2.45) is 0 Å². The fourth-order valence-electron chi connectivity index (χ4n) is 4.10. The highest BCUT2D eigenvalue weighted by molar-refractivity contribution is 6.03. The van der Waals surface area contributed by atoms with Crippen molar-refractivity contribution >= 4 is 22.8 Å². The van der Waals surface area contributed by atoms with E-state index < -0.39 is 5.66 Å². The molecule has 0 unspecified atom stereocenters. The van der Waals surface area contributed by atoms with Gasteiger partial charge in [0.2, 0.25) is 0 Å². The van der Waals surface area contributed by atoms with Crippen LogP contribution in [-0.4, -0.2) is 33.6 Å². The number of carbonyl (C=O) groups excluding carboxylic acids is 1. The van der Waals surface area contributed by atoms with Crippen LogP contribution >= 0.6 is 0 Å². The van der Waals surface area contributed by atoms with Crippen LogP contribution in [0.15, 0.2) is 60.9 Å². The minimum absolute atomic E-state index is 0.124. The molecule has 1 amide bonds. The molecule has 2 N–H and O–H groups in total. The molecule has 0 spiro atoms. The Morgan fingerprint density at radius 3 is 2.65 bits per heavy atom. The highest BCUT2D eigenvalue weighted by Crippen LogP contribution is 2.37. The fourth-order valence-corrected chi connectivity index (χ4v) is 4.10. The average molecular weight is 413 g/mol. The predicted octanol–water partition coefficient (Wildman–Crippen LogP) is 4.12. The zero-order valence-electron chi connectivity index (χ0n) is 17.6. The maximum Gasteiger partial charge on any atom is 0.256 e. The smallest absolute Gasteiger partial charge is 0.256 e. The second-order valence-corrected chi connectivity index (χ2v) is 8.09. The number of nitrogens with one attached hydrogen (secondary N) is 2. The number of aromatic nitrogens is 3. The van der Waals surface area contributed by atoms with E-state index in [4.69, 9.17) is 9.72 Å². The fraction of sp³-hybridized carbons (Fsp3) is 0.208. The zero-order valence-corrected chi connectivity index (χ0v) is 17.6. The van der Waals surface area contributed by atoms with Crippen molar-refractivity contribution in [2.75, 3.05) is 12.0 Å². The predicted molar refractivity (Wildman–Crippen MR) is 120 cm³/mol. The van der Waals surface area contributed by atoms with Crippen LogP contribution in [-0.2, 0) is 6.54 Å². The van der Waals surface area contributed by atoms with E-state index >= 15 is 0 Å². The van der Waals surface area contributed by atoms with E-state index in [9.17, 15) is 4.79 Å². The number of anilines is 1. The molecule has 0 bridgehead atoms. The molecule has 31 heavy (non-hydrogen) atoms. The molecular formula is C24H23N5O2. The van der Waals surface area contributed by atoms with E-state index in [1.807, 2.05) is 56.4 Å². The Morgan fingerprint density at radius 2 is 1.87 bits per heavy atom. The summed E-state index contributed by atoms with van der Waals surface area (Å²) in [6.07, 6.45) is 3.58. The first kappa shape index (κ1) is 19.1. The van der Waals surface area contributed by atoms with E-state index in [0.29, 0.717) is 17.9 Å². The van der Waals surface area contributed by atoms with Gasteiger partial charge in [0.05, 0.1) is 23.8 Å². The van der Waals surface area contributed by atoms with E-state index in [-0.39, 0.29) is 5.91 Å². The summed E-state index contributed by atoms with van der Waals surface area (Å²) < 4.78 is 5.55. The van der Waals surface area contributed by atoms with Crippen molar-refractivity contribution < 1.29 is 9.53 Å². The molecule has 7 nitrogen and oxygen atoms in total. The third-order valence-electron chi connectivity index (χ3n) is 5.68. The number of hydrogen-bond donors (Lipinski definition) is 2. The van der Waals surface area contributed by atoms with E-state index in [0.717, 1.165) is 33.6 Å². The Balaban J connectivity index is 1.66. The molecule has 0 atom stereocenters. The van der Waals surface area contributed by atoms with Crippen LogP contribution in [0.25, 0.3) is 22.3 Å². The summed E-state index contributed by atoms with van der Waals surface area (Å²) in [5, 5.41) is 3.96. The summed E-state index contributed by atoms with van der Waals surface area (Å²) in [6.45, 7) is 4.60. The Bertz CT molecular complexity index is 1280. The van der Waals surface area contributed by atoms with Gasteiger partial charge in [-0.25, -0.2) is 9.97 Å². The summed E-state index contributed by atoms with van der Waals surface area (Å²) in [4.78, 5) is 27.5. The van der Waals surface area contributed by atoms with Gasteiger partial charge in [0, 0.05) is 24.5 Å². The highest BCUT2D eigenvalue weighted by atomic mass is 16.5.